The van der Waals surface area contributed by atoms with Crippen molar-refractivity contribution < 1.29 is 18.8 Å². The average Bonchev–Trinajstić information content (AvgIpc) is 2.36. The molecule has 0 aromatic heterocycles. The summed E-state index contributed by atoms with van der Waals surface area (Å²) in [6.45, 7) is 2.12. The second-order valence-corrected chi connectivity index (χ2v) is 3.86. The normalized spacial score (nSPS) is 10.0. The van der Waals surface area contributed by atoms with Crippen LogP contribution in [0.4, 0.5) is 10.1 Å². The maximum Gasteiger partial charge on any atom is 0.311 e. The molecule has 0 spiro atoms. The summed E-state index contributed by atoms with van der Waals surface area (Å²) in [5.41, 5.74) is -0.372. The van der Waals surface area contributed by atoms with Gasteiger partial charge in [0, 0.05) is 18.7 Å². The predicted octanol–water partition coefficient (Wildman–Crippen LogP) is 2.03. The molecule has 0 fully saturated rings. The number of hydrogen-bond donors (Lipinski definition) is 1. The van der Waals surface area contributed by atoms with Crippen LogP contribution in [0, 0.1) is 15.9 Å². The summed E-state index contributed by atoms with van der Waals surface area (Å²) in [7, 11) is 0. The molecule has 0 atom stereocenters. The zero-order valence-electron chi connectivity index (χ0n) is 10.5. The Labute approximate surface area is 109 Å². The molecule has 1 aromatic rings. The van der Waals surface area contributed by atoms with Crippen molar-refractivity contribution in [1.82, 2.24) is 5.32 Å². The molecule has 1 N–H and O–H groups in total. The van der Waals surface area contributed by atoms with E-state index >= 15 is 0 Å². The van der Waals surface area contributed by atoms with E-state index in [4.69, 9.17) is 4.74 Å². The van der Waals surface area contributed by atoms with Gasteiger partial charge in [-0.25, -0.2) is 4.39 Å². The first-order valence-electron chi connectivity index (χ1n) is 5.88. The summed E-state index contributed by atoms with van der Waals surface area (Å²) in [5.74, 6) is -1.31. The standard InChI is InChI=1S/C12H15FN2O4/c1-2-3-6-14-12(16)8-19-11-7-9(13)4-5-10(11)15(17)18/h4-5,7H,2-3,6,8H2,1H3,(H,14,16). The fraction of sp³-hybridized carbons (Fsp3) is 0.417. The Balaban J connectivity index is 2.59. The molecule has 7 heteroatoms. The van der Waals surface area contributed by atoms with Crippen LogP contribution in [0.3, 0.4) is 0 Å². The van der Waals surface area contributed by atoms with E-state index in [9.17, 15) is 19.3 Å². The summed E-state index contributed by atoms with van der Waals surface area (Å²) in [6.07, 6.45) is 1.78. The Morgan fingerprint density at radius 3 is 2.89 bits per heavy atom. The molecule has 6 nitrogen and oxygen atoms in total. The third-order valence-corrected chi connectivity index (χ3v) is 2.33. The van der Waals surface area contributed by atoms with Gasteiger partial charge in [-0.05, 0) is 12.5 Å². The molecule has 19 heavy (non-hydrogen) atoms. The maximum absolute atomic E-state index is 13.0. The number of nitrogens with one attached hydrogen (secondary N) is 1. The van der Waals surface area contributed by atoms with Gasteiger partial charge in [0.05, 0.1) is 4.92 Å². The summed E-state index contributed by atoms with van der Waals surface area (Å²) < 4.78 is 18.0. The Hall–Kier alpha value is -2.18. The zero-order valence-corrected chi connectivity index (χ0v) is 10.5. The summed E-state index contributed by atoms with van der Waals surface area (Å²) in [5, 5.41) is 13.3. The lowest BCUT2D eigenvalue weighted by Crippen LogP contribution is -2.29. The molecule has 0 radical (unpaired) electrons. The van der Waals surface area contributed by atoms with Gasteiger partial charge in [0.2, 0.25) is 5.75 Å². The number of carbonyl (C=O) groups excluding carboxylic acids is 1. The van der Waals surface area contributed by atoms with Crippen molar-refractivity contribution in [2.45, 2.75) is 19.8 Å². The SMILES string of the molecule is CCCCNC(=O)COc1cc(F)ccc1[N+](=O)[O-]. The molecular formula is C12H15FN2O4. The third kappa shape index (κ3) is 4.90. The number of carbonyl (C=O) groups is 1. The smallest absolute Gasteiger partial charge is 0.311 e. The van der Waals surface area contributed by atoms with Crippen molar-refractivity contribution in [2.24, 2.45) is 0 Å². The van der Waals surface area contributed by atoms with Crippen molar-refractivity contribution >= 4 is 11.6 Å². The quantitative estimate of drug-likeness (QED) is 0.467. The lowest BCUT2D eigenvalue weighted by molar-refractivity contribution is -0.385. The van der Waals surface area contributed by atoms with Gasteiger partial charge in [-0.2, -0.15) is 0 Å². The van der Waals surface area contributed by atoms with E-state index in [-0.39, 0.29) is 18.0 Å². The predicted molar refractivity (Wildman–Crippen MR) is 66.5 cm³/mol. The van der Waals surface area contributed by atoms with E-state index in [1.54, 1.807) is 0 Å². The molecule has 1 aromatic carbocycles. The third-order valence-electron chi connectivity index (χ3n) is 2.33. The van der Waals surface area contributed by atoms with E-state index in [0.29, 0.717) is 6.54 Å². The molecule has 1 amide bonds. The molecule has 104 valence electrons. The highest BCUT2D eigenvalue weighted by Gasteiger charge is 2.16. The van der Waals surface area contributed by atoms with Gasteiger partial charge < -0.3 is 10.1 Å². The van der Waals surface area contributed by atoms with Crippen LogP contribution >= 0.6 is 0 Å². The van der Waals surface area contributed by atoms with Crippen molar-refractivity contribution in [1.29, 1.82) is 0 Å². The topological polar surface area (TPSA) is 81.5 Å². The molecule has 0 unspecified atom stereocenters. The minimum Gasteiger partial charge on any atom is -0.477 e. The van der Waals surface area contributed by atoms with Gasteiger partial charge in [-0.15, -0.1) is 0 Å². The van der Waals surface area contributed by atoms with Gasteiger partial charge in [0.1, 0.15) is 5.82 Å². The van der Waals surface area contributed by atoms with Crippen LogP contribution in [0.5, 0.6) is 5.75 Å². The van der Waals surface area contributed by atoms with Gasteiger partial charge >= 0.3 is 5.69 Å². The Morgan fingerprint density at radius 1 is 1.53 bits per heavy atom. The lowest BCUT2D eigenvalue weighted by Gasteiger charge is -2.07. The van der Waals surface area contributed by atoms with E-state index in [1.165, 1.54) is 0 Å². The van der Waals surface area contributed by atoms with E-state index in [0.717, 1.165) is 31.0 Å². The molecule has 1 rings (SSSR count). The fourth-order valence-corrected chi connectivity index (χ4v) is 1.35. The number of benzene rings is 1. The first-order chi connectivity index (χ1) is 9.04. The highest BCUT2D eigenvalue weighted by atomic mass is 19.1. The number of nitro benzene ring substituents is 1. The number of rotatable bonds is 7. The molecule has 0 heterocycles. The number of halogens is 1. The van der Waals surface area contributed by atoms with E-state index in [1.807, 2.05) is 6.92 Å². The first-order valence-corrected chi connectivity index (χ1v) is 5.88. The summed E-state index contributed by atoms with van der Waals surface area (Å²) >= 11 is 0. The van der Waals surface area contributed by atoms with Crippen LogP contribution in [0.25, 0.3) is 0 Å². The molecular weight excluding hydrogens is 255 g/mol. The molecule has 0 saturated carbocycles. The van der Waals surface area contributed by atoms with Crippen LogP contribution in [0.1, 0.15) is 19.8 Å². The van der Waals surface area contributed by atoms with Crippen molar-refractivity contribution in [3.63, 3.8) is 0 Å². The monoisotopic (exact) mass is 270 g/mol. The second-order valence-electron chi connectivity index (χ2n) is 3.86. The number of nitro groups is 1. The summed E-state index contributed by atoms with van der Waals surface area (Å²) in [6, 6.07) is 2.85. The zero-order chi connectivity index (χ0) is 14.3. The number of ether oxygens (including phenoxy) is 1. The van der Waals surface area contributed by atoms with Gasteiger partial charge in [0.15, 0.2) is 6.61 Å². The highest BCUT2D eigenvalue weighted by molar-refractivity contribution is 5.77. The summed E-state index contributed by atoms with van der Waals surface area (Å²) in [4.78, 5) is 21.4. The first kappa shape index (κ1) is 14.9. The second kappa shape index (κ2) is 7.30. The minimum absolute atomic E-state index is 0.254. The van der Waals surface area contributed by atoms with Gasteiger partial charge in [-0.3, -0.25) is 14.9 Å². The molecule has 0 aliphatic rings. The molecule has 0 saturated heterocycles. The van der Waals surface area contributed by atoms with Crippen LogP contribution in [0.15, 0.2) is 18.2 Å². The van der Waals surface area contributed by atoms with E-state index in [2.05, 4.69) is 5.32 Å². The number of amides is 1. The minimum atomic E-state index is -0.691. The van der Waals surface area contributed by atoms with Crippen LogP contribution < -0.4 is 10.1 Å². The maximum atomic E-state index is 13.0. The molecule has 0 aliphatic heterocycles. The lowest BCUT2D eigenvalue weighted by atomic mass is 10.3. The van der Waals surface area contributed by atoms with E-state index < -0.39 is 16.6 Å². The largest absolute Gasteiger partial charge is 0.477 e. The molecule has 0 aliphatic carbocycles. The number of hydrogen-bond acceptors (Lipinski definition) is 4. The van der Waals surface area contributed by atoms with Crippen molar-refractivity contribution in [3.05, 3.63) is 34.1 Å². The van der Waals surface area contributed by atoms with Gasteiger partial charge in [0.25, 0.3) is 5.91 Å². The van der Waals surface area contributed by atoms with Crippen LogP contribution in [0.2, 0.25) is 0 Å². The molecule has 0 bridgehead atoms. The Kier molecular flexibility index (Phi) is 5.72. The highest BCUT2D eigenvalue weighted by Crippen LogP contribution is 2.27. The van der Waals surface area contributed by atoms with Crippen LogP contribution in [-0.4, -0.2) is 24.0 Å². The Bertz CT molecular complexity index is 465. The number of unbranched alkanes of at least 4 members (excludes halogenated alkanes) is 1. The van der Waals surface area contributed by atoms with Crippen molar-refractivity contribution in [3.8, 4) is 5.75 Å². The average molecular weight is 270 g/mol. The van der Waals surface area contributed by atoms with Crippen LogP contribution in [-0.2, 0) is 4.79 Å². The fourth-order valence-electron chi connectivity index (χ4n) is 1.35. The number of nitrogens with zero attached hydrogens (tertiary/aromatic N) is 1. The van der Waals surface area contributed by atoms with Gasteiger partial charge in [-0.1, -0.05) is 13.3 Å². The van der Waals surface area contributed by atoms with Crippen molar-refractivity contribution in [2.75, 3.05) is 13.2 Å². The Morgan fingerprint density at radius 2 is 2.26 bits per heavy atom.